The average Bonchev–Trinajstić information content (AvgIpc) is 3.25. The predicted octanol–water partition coefficient (Wildman–Crippen LogP) is 4.13. The Bertz CT molecular complexity index is 1290. The molecular formula is C24H24FN4O3+. The molecule has 8 heteroatoms. The van der Waals surface area contributed by atoms with Gasteiger partial charge in [0.1, 0.15) is 11.6 Å². The van der Waals surface area contributed by atoms with Gasteiger partial charge in [0, 0.05) is 22.9 Å². The van der Waals surface area contributed by atoms with Crippen molar-refractivity contribution in [3.8, 4) is 16.9 Å². The van der Waals surface area contributed by atoms with Crippen molar-refractivity contribution in [2.45, 2.75) is 19.9 Å². The molecule has 164 valence electrons. The van der Waals surface area contributed by atoms with Crippen molar-refractivity contribution in [3.05, 3.63) is 78.0 Å². The smallest absolute Gasteiger partial charge is 0.254 e. The Morgan fingerprint density at radius 2 is 2.09 bits per heavy atom. The molecular weight excluding hydrogens is 411 g/mol. The van der Waals surface area contributed by atoms with Gasteiger partial charge in [-0.25, -0.2) is 4.39 Å². The van der Waals surface area contributed by atoms with Crippen LogP contribution in [0.1, 0.15) is 35.8 Å². The number of carbonyl (C=O) groups excluding carboxylic acids is 1. The van der Waals surface area contributed by atoms with Crippen LogP contribution in [0.3, 0.4) is 0 Å². The molecule has 0 saturated carbocycles. The minimum absolute atomic E-state index is 0.217. The summed E-state index contributed by atoms with van der Waals surface area (Å²) in [6.45, 7) is 4.13. The van der Waals surface area contributed by atoms with Gasteiger partial charge in [0.05, 0.1) is 35.3 Å². The number of aromatic amines is 1. The number of pyridine rings is 1. The number of benzene rings is 2. The molecule has 1 amide bonds. The lowest BCUT2D eigenvalue weighted by Gasteiger charge is -2.25. The molecule has 32 heavy (non-hydrogen) atoms. The summed E-state index contributed by atoms with van der Waals surface area (Å²) in [6, 6.07) is 11.0. The molecule has 1 atom stereocenters. The first-order valence-electron chi connectivity index (χ1n) is 10.3. The third-order valence-electron chi connectivity index (χ3n) is 5.52. The maximum Gasteiger partial charge on any atom is 0.254 e. The van der Waals surface area contributed by atoms with Gasteiger partial charge in [-0.15, -0.1) is 0 Å². The number of carbonyl (C=O) groups is 1. The van der Waals surface area contributed by atoms with Crippen molar-refractivity contribution in [3.63, 3.8) is 0 Å². The average molecular weight is 435 g/mol. The number of hydrogen-bond acceptors (Lipinski definition) is 4. The van der Waals surface area contributed by atoms with E-state index in [4.69, 9.17) is 4.74 Å². The molecule has 7 nitrogen and oxygen atoms in total. The normalized spacial score (nSPS) is 12.0. The summed E-state index contributed by atoms with van der Waals surface area (Å²) in [4.78, 5) is 14.9. The van der Waals surface area contributed by atoms with E-state index in [0.717, 1.165) is 21.2 Å². The Hall–Kier alpha value is -3.94. The van der Waals surface area contributed by atoms with E-state index < -0.39 is 0 Å². The highest BCUT2D eigenvalue weighted by atomic mass is 19.1. The number of rotatable bonds is 6. The molecule has 0 aliphatic rings. The third kappa shape index (κ3) is 3.99. The van der Waals surface area contributed by atoms with E-state index in [0.29, 0.717) is 29.0 Å². The van der Waals surface area contributed by atoms with Crippen LogP contribution in [0.2, 0.25) is 0 Å². The largest absolute Gasteiger partial charge is 0.493 e. The molecule has 2 heterocycles. The molecule has 0 spiro atoms. The Kier molecular flexibility index (Phi) is 5.77. The number of aromatic nitrogens is 3. The number of nitrogens with zero attached hydrogens (tertiary/aromatic N) is 3. The molecule has 0 fully saturated rings. The highest BCUT2D eigenvalue weighted by Crippen LogP contribution is 2.33. The molecule has 0 radical (unpaired) electrons. The zero-order valence-electron chi connectivity index (χ0n) is 18.0. The molecule has 0 bridgehead atoms. The highest BCUT2D eigenvalue weighted by Gasteiger charge is 2.25. The van der Waals surface area contributed by atoms with Crippen LogP contribution in [-0.4, -0.2) is 39.9 Å². The van der Waals surface area contributed by atoms with Gasteiger partial charge in [-0.1, -0.05) is 12.1 Å². The predicted molar refractivity (Wildman–Crippen MR) is 117 cm³/mol. The number of hydrogen-bond donors (Lipinski definition) is 2. The lowest BCUT2D eigenvalue weighted by atomic mass is 10.0. The van der Waals surface area contributed by atoms with Gasteiger partial charge < -0.3 is 9.64 Å². The Labute approximate surface area is 184 Å². The zero-order chi connectivity index (χ0) is 22.8. The van der Waals surface area contributed by atoms with Crippen LogP contribution in [0, 0.1) is 5.82 Å². The SMILES string of the molecule is CCOc1cc(C(=O)N(C)[C@H](C)c2c[n+](O)cc3cn[nH]c23)ccc1-c1cccc(F)c1. The quantitative estimate of drug-likeness (QED) is 0.353. The maximum absolute atomic E-state index is 13.7. The van der Waals surface area contributed by atoms with E-state index in [1.807, 2.05) is 13.8 Å². The van der Waals surface area contributed by atoms with Gasteiger partial charge in [0.25, 0.3) is 5.91 Å². The molecule has 0 aliphatic carbocycles. The van der Waals surface area contributed by atoms with Gasteiger partial charge in [0.2, 0.25) is 12.4 Å². The van der Waals surface area contributed by atoms with Crippen LogP contribution in [0.15, 0.2) is 61.1 Å². The number of ether oxygens (including phenoxy) is 1. The van der Waals surface area contributed by atoms with Gasteiger partial charge in [-0.05, 0) is 49.7 Å². The minimum Gasteiger partial charge on any atom is -0.493 e. The van der Waals surface area contributed by atoms with E-state index in [9.17, 15) is 14.4 Å². The van der Waals surface area contributed by atoms with Crippen LogP contribution in [-0.2, 0) is 0 Å². The number of fused-ring (bicyclic) bond motifs is 1. The minimum atomic E-state index is -0.358. The van der Waals surface area contributed by atoms with Crippen LogP contribution in [0.25, 0.3) is 22.0 Å². The van der Waals surface area contributed by atoms with Gasteiger partial charge in [0.15, 0.2) is 0 Å². The second-order valence-electron chi connectivity index (χ2n) is 7.54. The summed E-state index contributed by atoms with van der Waals surface area (Å²) in [5.74, 6) is -0.0492. The van der Waals surface area contributed by atoms with Crippen molar-refractivity contribution in [1.82, 2.24) is 15.1 Å². The summed E-state index contributed by atoms with van der Waals surface area (Å²) in [6.07, 6.45) is 4.70. The number of halogens is 1. The second kappa shape index (κ2) is 8.66. The second-order valence-corrected chi connectivity index (χ2v) is 7.54. The fourth-order valence-electron chi connectivity index (χ4n) is 3.74. The van der Waals surface area contributed by atoms with Crippen molar-refractivity contribution in [1.29, 1.82) is 0 Å². The van der Waals surface area contributed by atoms with E-state index in [-0.39, 0.29) is 17.8 Å². The Morgan fingerprint density at radius 1 is 1.28 bits per heavy atom. The van der Waals surface area contributed by atoms with Crippen LogP contribution < -0.4 is 9.47 Å². The molecule has 0 aliphatic heterocycles. The first kappa shape index (κ1) is 21.3. The summed E-state index contributed by atoms with van der Waals surface area (Å²) in [7, 11) is 1.70. The molecule has 0 unspecified atom stereocenters. The Balaban J connectivity index is 1.67. The van der Waals surface area contributed by atoms with Crippen molar-refractivity contribution in [2.24, 2.45) is 0 Å². The maximum atomic E-state index is 13.7. The molecule has 4 aromatic rings. The van der Waals surface area contributed by atoms with Gasteiger partial charge in [-0.3, -0.25) is 15.1 Å². The van der Waals surface area contributed by atoms with E-state index in [2.05, 4.69) is 10.2 Å². The van der Waals surface area contributed by atoms with Crippen molar-refractivity contribution in [2.75, 3.05) is 13.7 Å². The number of nitrogens with one attached hydrogen (secondary N) is 1. The fourth-order valence-corrected chi connectivity index (χ4v) is 3.74. The number of amides is 1. The topological polar surface area (TPSA) is 82.3 Å². The lowest BCUT2D eigenvalue weighted by molar-refractivity contribution is -0.904. The lowest BCUT2D eigenvalue weighted by Crippen LogP contribution is -2.34. The zero-order valence-corrected chi connectivity index (χ0v) is 18.0. The summed E-state index contributed by atoms with van der Waals surface area (Å²) < 4.78 is 20.5. The standard InChI is InChI=1S/C24H23FN4O3/c1-4-32-22-11-17(8-9-20(22)16-6-5-7-19(25)10-16)24(30)28(3)15(2)21-14-29(31)13-18-12-26-27-23(18)21/h5-15,31H,4H2,1-3H3/p+1/t15-/m1/s1. The van der Waals surface area contributed by atoms with Gasteiger partial charge >= 0.3 is 0 Å². The molecule has 4 rings (SSSR count). The molecule has 0 saturated heterocycles. The van der Waals surface area contributed by atoms with Crippen LogP contribution in [0.5, 0.6) is 5.75 Å². The highest BCUT2D eigenvalue weighted by molar-refractivity contribution is 5.96. The molecule has 2 aromatic heterocycles. The molecule has 2 aromatic carbocycles. The monoisotopic (exact) mass is 435 g/mol. The summed E-state index contributed by atoms with van der Waals surface area (Å²) in [5, 5.41) is 17.7. The first-order valence-corrected chi connectivity index (χ1v) is 10.3. The Morgan fingerprint density at radius 3 is 2.84 bits per heavy atom. The fraction of sp³-hybridized carbons (Fsp3) is 0.208. The van der Waals surface area contributed by atoms with Crippen LogP contribution >= 0.6 is 0 Å². The van der Waals surface area contributed by atoms with Gasteiger partial charge in [-0.2, -0.15) is 5.10 Å². The third-order valence-corrected chi connectivity index (χ3v) is 5.52. The van der Waals surface area contributed by atoms with E-state index in [1.54, 1.807) is 54.7 Å². The molecule has 2 N–H and O–H groups in total. The van der Waals surface area contributed by atoms with E-state index >= 15 is 0 Å². The number of H-pyrrole nitrogens is 1. The summed E-state index contributed by atoms with van der Waals surface area (Å²) >= 11 is 0. The van der Waals surface area contributed by atoms with Crippen molar-refractivity contribution >= 4 is 16.8 Å². The van der Waals surface area contributed by atoms with Crippen molar-refractivity contribution < 1.29 is 23.9 Å². The summed E-state index contributed by atoms with van der Waals surface area (Å²) in [5.41, 5.74) is 3.30. The first-order chi connectivity index (χ1) is 15.4. The van der Waals surface area contributed by atoms with E-state index in [1.165, 1.54) is 18.3 Å². The van der Waals surface area contributed by atoms with Crippen LogP contribution in [0.4, 0.5) is 4.39 Å².